The SMILES string of the molecule is Cc1ncsc1CCNCCOCC(F)F. The zero-order valence-corrected chi connectivity index (χ0v) is 10.0. The third-order valence-corrected chi connectivity index (χ3v) is 3.04. The van der Waals surface area contributed by atoms with Gasteiger partial charge in [-0.1, -0.05) is 0 Å². The maximum Gasteiger partial charge on any atom is 0.261 e. The number of aryl methyl sites for hydroxylation is 1. The van der Waals surface area contributed by atoms with Gasteiger partial charge in [-0.25, -0.2) is 13.8 Å². The summed E-state index contributed by atoms with van der Waals surface area (Å²) >= 11 is 1.64. The molecule has 92 valence electrons. The van der Waals surface area contributed by atoms with Crippen molar-refractivity contribution in [2.75, 3.05) is 26.3 Å². The lowest BCUT2D eigenvalue weighted by Gasteiger charge is -2.05. The Morgan fingerprint density at radius 3 is 2.94 bits per heavy atom. The van der Waals surface area contributed by atoms with E-state index in [4.69, 9.17) is 4.74 Å². The number of aromatic nitrogens is 1. The molecule has 0 aromatic carbocycles. The number of alkyl halides is 2. The molecule has 0 fully saturated rings. The van der Waals surface area contributed by atoms with Crippen LogP contribution in [0.25, 0.3) is 0 Å². The van der Waals surface area contributed by atoms with Crippen LogP contribution in [-0.4, -0.2) is 37.7 Å². The Kier molecular flexibility index (Phi) is 6.44. The van der Waals surface area contributed by atoms with E-state index in [-0.39, 0.29) is 0 Å². The van der Waals surface area contributed by atoms with E-state index in [0.717, 1.165) is 18.7 Å². The van der Waals surface area contributed by atoms with Crippen molar-refractivity contribution in [3.8, 4) is 0 Å². The molecule has 0 aliphatic rings. The van der Waals surface area contributed by atoms with Crippen molar-refractivity contribution in [3.05, 3.63) is 16.1 Å². The predicted molar refractivity (Wildman–Crippen MR) is 60.2 cm³/mol. The minimum Gasteiger partial charge on any atom is -0.374 e. The molecule has 6 heteroatoms. The van der Waals surface area contributed by atoms with Gasteiger partial charge in [0.05, 0.1) is 17.8 Å². The molecule has 1 N–H and O–H groups in total. The number of halogens is 2. The Labute approximate surface area is 97.8 Å². The quantitative estimate of drug-likeness (QED) is 0.715. The number of ether oxygens (including phenoxy) is 1. The van der Waals surface area contributed by atoms with Crippen LogP contribution in [0.1, 0.15) is 10.6 Å². The summed E-state index contributed by atoms with van der Waals surface area (Å²) in [6.45, 7) is 3.25. The molecule has 0 saturated carbocycles. The minimum atomic E-state index is -2.38. The van der Waals surface area contributed by atoms with Crippen LogP contribution >= 0.6 is 11.3 Å². The van der Waals surface area contributed by atoms with Gasteiger partial charge in [0.25, 0.3) is 6.43 Å². The first-order valence-corrected chi connectivity index (χ1v) is 6.03. The molecule has 1 heterocycles. The van der Waals surface area contributed by atoms with E-state index in [9.17, 15) is 8.78 Å². The van der Waals surface area contributed by atoms with Crippen LogP contribution in [0.5, 0.6) is 0 Å². The highest BCUT2D eigenvalue weighted by Crippen LogP contribution is 2.11. The first kappa shape index (κ1) is 13.5. The minimum absolute atomic E-state index is 0.325. The van der Waals surface area contributed by atoms with E-state index in [1.807, 2.05) is 12.4 Å². The van der Waals surface area contributed by atoms with Crippen molar-refractivity contribution in [1.29, 1.82) is 0 Å². The van der Waals surface area contributed by atoms with Gasteiger partial charge in [0, 0.05) is 18.0 Å². The molecular formula is C10H16F2N2OS. The summed E-state index contributed by atoms with van der Waals surface area (Å²) < 4.78 is 28.1. The van der Waals surface area contributed by atoms with E-state index in [2.05, 4.69) is 10.3 Å². The van der Waals surface area contributed by atoms with Gasteiger partial charge in [-0.05, 0) is 13.3 Å². The maximum absolute atomic E-state index is 11.7. The van der Waals surface area contributed by atoms with Crippen LogP contribution in [0.4, 0.5) is 8.78 Å². The summed E-state index contributed by atoms with van der Waals surface area (Å²) in [5.74, 6) is 0. The highest BCUT2D eigenvalue weighted by atomic mass is 32.1. The average molecular weight is 250 g/mol. The van der Waals surface area contributed by atoms with Gasteiger partial charge in [-0.3, -0.25) is 0 Å². The fourth-order valence-corrected chi connectivity index (χ4v) is 1.99. The number of nitrogens with zero attached hydrogens (tertiary/aromatic N) is 1. The molecule has 0 spiro atoms. The lowest BCUT2D eigenvalue weighted by atomic mass is 10.3. The first-order valence-electron chi connectivity index (χ1n) is 5.15. The molecule has 1 aromatic heterocycles. The smallest absolute Gasteiger partial charge is 0.261 e. The van der Waals surface area contributed by atoms with Crippen LogP contribution < -0.4 is 5.32 Å². The summed E-state index contributed by atoms with van der Waals surface area (Å²) in [5.41, 5.74) is 2.90. The standard InChI is InChI=1S/C10H16F2N2OS/c1-8-9(16-7-14-8)2-3-13-4-5-15-6-10(11)12/h7,10,13H,2-6H2,1H3. The molecule has 0 aliphatic carbocycles. The van der Waals surface area contributed by atoms with Gasteiger partial charge in [0.15, 0.2) is 0 Å². The molecule has 3 nitrogen and oxygen atoms in total. The van der Waals surface area contributed by atoms with E-state index < -0.39 is 13.0 Å². The average Bonchev–Trinajstić information content (AvgIpc) is 2.62. The van der Waals surface area contributed by atoms with Crippen LogP contribution in [0.3, 0.4) is 0 Å². The summed E-state index contributed by atoms with van der Waals surface area (Å²) in [5, 5.41) is 3.13. The van der Waals surface area contributed by atoms with Crippen LogP contribution in [0, 0.1) is 6.92 Å². The number of hydrogen-bond acceptors (Lipinski definition) is 4. The van der Waals surface area contributed by atoms with Gasteiger partial charge in [-0.15, -0.1) is 11.3 Å². The van der Waals surface area contributed by atoms with E-state index >= 15 is 0 Å². The third-order valence-electron chi connectivity index (χ3n) is 2.04. The number of nitrogens with one attached hydrogen (secondary N) is 1. The van der Waals surface area contributed by atoms with Gasteiger partial charge in [-0.2, -0.15) is 0 Å². The van der Waals surface area contributed by atoms with Crippen molar-refractivity contribution in [2.24, 2.45) is 0 Å². The van der Waals surface area contributed by atoms with E-state index in [0.29, 0.717) is 13.2 Å². The second kappa shape index (κ2) is 7.65. The summed E-state index contributed by atoms with van der Waals surface area (Å²) in [6.07, 6.45) is -1.45. The fourth-order valence-electron chi connectivity index (χ4n) is 1.21. The Bertz CT molecular complexity index is 294. The molecule has 16 heavy (non-hydrogen) atoms. The molecule has 0 saturated heterocycles. The summed E-state index contributed by atoms with van der Waals surface area (Å²) in [4.78, 5) is 5.41. The first-order chi connectivity index (χ1) is 7.70. The van der Waals surface area contributed by atoms with Gasteiger partial charge in [0.2, 0.25) is 0 Å². The van der Waals surface area contributed by atoms with Crippen LogP contribution in [0.15, 0.2) is 5.51 Å². The molecule has 0 aliphatic heterocycles. The van der Waals surface area contributed by atoms with Gasteiger partial charge < -0.3 is 10.1 Å². The van der Waals surface area contributed by atoms with Gasteiger partial charge >= 0.3 is 0 Å². The van der Waals surface area contributed by atoms with Crippen LogP contribution in [0.2, 0.25) is 0 Å². The van der Waals surface area contributed by atoms with Crippen LogP contribution in [-0.2, 0) is 11.2 Å². The fraction of sp³-hybridized carbons (Fsp3) is 0.700. The number of hydrogen-bond donors (Lipinski definition) is 1. The molecular weight excluding hydrogens is 234 g/mol. The maximum atomic E-state index is 11.7. The van der Waals surface area contributed by atoms with E-state index in [1.165, 1.54) is 4.88 Å². The number of rotatable bonds is 8. The largest absolute Gasteiger partial charge is 0.374 e. The molecule has 0 amide bonds. The molecule has 0 radical (unpaired) electrons. The summed E-state index contributed by atoms with van der Waals surface area (Å²) in [6, 6.07) is 0. The Morgan fingerprint density at radius 1 is 1.50 bits per heavy atom. The lowest BCUT2D eigenvalue weighted by molar-refractivity contribution is 0.0188. The van der Waals surface area contributed by atoms with Crippen molar-refractivity contribution in [3.63, 3.8) is 0 Å². The third kappa shape index (κ3) is 5.48. The zero-order chi connectivity index (χ0) is 11.8. The molecule has 0 atom stereocenters. The summed E-state index contributed by atoms with van der Waals surface area (Å²) in [7, 11) is 0. The molecule has 0 bridgehead atoms. The van der Waals surface area contributed by atoms with E-state index in [1.54, 1.807) is 11.3 Å². The van der Waals surface area contributed by atoms with Crippen molar-refractivity contribution < 1.29 is 13.5 Å². The van der Waals surface area contributed by atoms with Crippen molar-refractivity contribution >= 4 is 11.3 Å². The van der Waals surface area contributed by atoms with Gasteiger partial charge in [0.1, 0.15) is 6.61 Å². The Hall–Kier alpha value is -0.590. The topological polar surface area (TPSA) is 34.2 Å². The number of thiazole rings is 1. The second-order valence-electron chi connectivity index (χ2n) is 3.33. The second-order valence-corrected chi connectivity index (χ2v) is 4.27. The monoisotopic (exact) mass is 250 g/mol. The Morgan fingerprint density at radius 2 is 2.31 bits per heavy atom. The van der Waals surface area contributed by atoms with Crippen molar-refractivity contribution in [1.82, 2.24) is 10.3 Å². The van der Waals surface area contributed by atoms with Crippen molar-refractivity contribution in [2.45, 2.75) is 19.8 Å². The lowest BCUT2D eigenvalue weighted by Crippen LogP contribution is -2.23. The normalized spacial score (nSPS) is 11.2. The Balaban J connectivity index is 1.94. The highest BCUT2D eigenvalue weighted by Gasteiger charge is 2.02. The molecule has 0 unspecified atom stereocenters. The highest BCUT2D eigenvalue weighted by molar-refractivity contribution is 7.09. The molecule has 1 aromatic rings. The predicted octanol–water partition coefficient (Wildman–Crippen LogP) is 1.87. The zero-order valence-electron chi connectivity index (χ0n) is 9.21. The molecule has 1 rings (SSSR count).